The molecule has 19 heavy (non-hydrogen) atoms. The lowest BCUT2D eigenvalue weighted by molar-refractivity contribution is -0.182. The van der Waals surface area contributed by atoms with Gasteiger partial charge in [-0.2, -0.15) is 8.78 Å². The Morgan fingerprint density at radius 3 is 2.37 bits per heavy atom. The van der Waals surface area contributed by atoms with Crippen molar-refractivity contribution in [3.05, 3.63) is 22.7 Å². The minimum Gasteiger partial charge on any atom is -0.493 e. The van der Waals surface area contributed by atoms with E-state index in [1.54, 1.807) is 0 Å². The fraction of sp³-hybridized carbons (Fsp3) is 0.364. The predicted molar refractivity (Wildman–Crippen MR) is 62.1 cm³/mol. The van der Waals surface area contributed by atoms with E-state index in [0.717, 1.165) is 6.07 Å². The largest absolute Gasteiger partial charge is 0.493 e. The number of aliphatic carboxylic acids is 1. The smallest absolute Gasteiger partial charge is 0.377 e. The van der Waals surface area contributed by atoms with Crippen molar-refractivity contribution in [1.82, 2.24) is 0 Å². The van der Waals surface area contributed by atoms with Crippen molar-refractivity contribution in [3.8, 4) is 11.5 Å². The molecule has 106 valence electrons. The van der Waals surface area contributed by atoms with Crippen LogP contribution < -0.4 is 9.47 Å². The summed E-state index contributed by atoms with van der Waals surface area (Å²) in [6.07, 6.45) is -2.60. The lowest BCUT2D eigenvalue weighted by Crippen LogP contribution is -2.35. The van der Waals surface area contributed by atoms with Crippen molar-refractivity contribution in [2.75, 3.05) is 14.2 Å². The van der Waals surface area contributed by atoms with Crippen molar-refractivity contribution in [2.45, 2.75) is 12.0 Å². The van der Waals surface area contributed by atoms with E-state index in [-0.39, 0.29) is 16.5 Å². The summed E-state index contributed by atoms with van der Waals surface area (Å²) in [5.74, 6) is -6.72. The summed E-state index contributed by atoms with van der Waals surface area (Å²) in [5.41, 5.74) is -0.466. The Kier molecular flexibility index (Phi) is 4.54. The molecule has 0 aliphatic heterocycles. The first-order chi connectivity index (χ1) is 8.77. The van der Waals surface area contributed by atoms with E-state index in [0.29, 0.717) is 0 Å². The van der Waals surface area contributed by atoms with E-state index in [4.69, 9.17) is 26.2 Å². The first-order valence-electron chi connectivity index (χ1n) is 4.97. The van der Waals surface area contributed by atoms with Crippen LogP contribution in [0.4, 0.5) is 8.78 Å². The number of aliphatic hydroxyl groups is 1. The van der Waals surface area contributed by atoms with Gasteiger partial charge in [-0.15, -0.1) is 0 Å². The van der Waals surface area contributed by atoms with Gasteiger partial charge in [-0.1, -0.05) is 17.7 Å². The third-order valence-electron chi connectivity index (χ3n) is 2.44. The maximum Gasteiger partial charge on any atom is 0.377 e. The van der Waals surface area contributed by atoms with Gasteiger partial charge in [0.1, 0.15) is 0 Å². The number of hydrogen-bond donors (Lipinski definition) is 2. The Morgan fingerprint density at radius 1 is 1.37 bits per heavy atom. The summed E-state index contributed by atoms with van der Waals surface area (Å²) in [5, 5.41) is 17.5. The molecule has 0 bridgehead atoms. The number of carbonyl (C=O) groups is 1. The van der Waals surface area contributed by atoms with Gasteiger partial charge in [0.25, 0.3) is 0 Å². The monoisotopic (exact) mass is 296 g/mol. The molecule has 5 nitrogen and oxygen atoms in total. The molecule has 0 heterocycles. The lowest BCUT2D eigenvalue weighted by atomic mass is 10.0. The number of benzene rings is 1. The highest BCUT2D eigenvalue weighted by atomic mass is 35.5. The minimum atomic E-state index is -4.37. The first kappa shape index (κ1) is 15.5. The second kappa shape index (κ2) is 5.58. The third kappa shape index (κ3) is 2.71. The van der Waals surface area contributed by atoms with Crippen LogP contribution in [0.5, 0.6) is 11.5 Å². The van der Waals surface area contributed by atoms with Crippen molar-refractivity contribution >= 4 is 17.6 Å². The number of methoxy groups -OCH3 is 2. The average Bonchev–Trinajstić information content (AvgIpc) is 2.37. The zero-order chi connectivity index (χ0) is 14.8. The summed E-state index contributed by atoms with van der Waals surface area (Å²) >= 11 is 5.81. The molecular weight excluding hydrogens is 286 g/mol. The highest BCUT2D eigenvalue weighted by molar-refractivity contribution is 6.33. The predicted octanol–water partition coefficient (Wildman–Crippen LogP) is 2.11. The van der Waals surface area contributed by atoms with Crippen LogP contribution in [0.2, 0.25) is 5.02 Å². The van der Waals surface area contributed by atoms with Crippen LogP contribution in [0.1, 0.15) is 11.7 Å². The van der Waals surface area contributed by atoms with Gasteiger partial charge in [0.05, 0.1) is 19.2 Å². The average molecular weight is 297 g/mol. The summed E-state index contributed by atoms with van der Waals surface area (Å²) in [6, 6.07) is 2.28. The van der Waals surface area contributed by atoms with Gasteiger partial charge in [-0.05, 0) is 6.07 Å². The quantitative estimate of drug-likeness (QED) is 0.870. The Balaban J connectivity index is 3.33. The number of ether oxygens (including phenoxy) is 2. The molecule has 0 amide bonds. The van der Waals surface area contributed by atoms with Gasteiger partial charge in [0.15, 0.2) is 17.6 Å². The van der Waals surface area contributed by atoms with E-state index in [1.165, 1.54) is 20.3 Å². The molecule has 0 fully saturated rings. The summed E-state index contributed by atoms with van der Waals surface area (Å²) in [7, 11) is 2.55. The highest BCUT2D eigenvalue weighted by Gasteiger charge is 2.48. The Hall–Kier alpha value is -1.60. The van der Waals surface area contributed by atoms with Gasteiger partial charge in [0.2, 0.25) is 0 Å². The van der Waals surface area contributed by atoms with E-state index in [1.807, 2.05) is 0 Å². The Morgan fingerprint density at radius 2 is 1.95 bits per heavy atom. The molecule has 2 N–H and O–H groups in total. The highest BCUT2D eigenvalue weighted by Crippen LogP contribution is 2.43. The molecule has 0 saturated carbocycles. The normalized spacial score (nSPS) is 12.9. The molecule has 1 aromatic rings. The molecule has 1 aromatic carbocycles. The molecular formula is C11H11ClF2O5. The molecule has 0 spiro atoms. The van der Waals surface area contributed by atoms with Crippen molar-refractivity contribution in [3.63, 3.8) is 0 Å². The van der Waals surface area contributed by atoms with Gasteiger partial charge < -0.3 is 19.7 Å². The number of carboxylic acids is 1. The fourth-order valence-corrected chi connectivity index (χ4v) is 1.76. The second-order valence-electron chi connectivity index (χ2n) is 3.53. The van der Waals surface area contributed by atoms with Crippen molar-refractivity contribution in [1.29, 1.82) is 0 Å². The maximum absolute atomic E-state index is 13.2. The number of rotatable bonds is 5. The van der Waals surface area contributed by atoms with Gasteiger partial charge >= 0.3 is 11.9 Å². The van der Waals surface area contributed by atoms with Crippen LogP contribution in [-0.2, 0) is 4.79 Å². The van der Waals surface area contributed by atoms with Crippen LogP contribution in [-0.4, -0.2) is 36.3 Å². The molecule has 0 aliphatic carbocycles. The van der Waals surface area contributed by atoms with Crippen molar-refractivity contribution in [2.24, 2.45) is 0 Å². The first-order valence-corrected chi connectivity index (χ1v) is 5.34. The molecule has 0 aliphatic rings. The maximum atomic E-state index is 13.2. The zero-order valence-electron chi connectivity index (χ0n) is 9.99. The molecule has 1 rings (SSSR count). The lowest BCUT2D eigenvalue weighted by Gasteiger charge is -2.21. The molecule has 1 atom stereocenters. The number of carboxylic acid groups (broad SMARTS) is 1. The molecule has 0 saturated heterocycles. The van der Waals surface area contributed by atoms with Gasteiger partial charge in [-0.3, -0.25) is 0 Å². The number of alkyl halides is 2. The van der Waals surface area contributed by atoms with Gasteiger partial charge in [-0.25, -0.2) is 4.79 Å². The number of hydrogen-bond acceptors (Lipinski definition) is 4. The fourth-order valence-electron chi connectivity index (χ4n) is 1.43. The van der Waals surface area contributed by atoms with E-state index >= 15 is 0 Å². The zero-order valence-corrected chi connectivity index (χ0v) is 10.7. The standard InChI is InChI=1S/C11H11ClF2O5/c1-18-6-4-3-5(7(12)8(6)19-2)9(15)11(13,14)10(16)17/h3-4,9,15H,1-2H3,(H,16,17). The Bertz CT molecular complexity index is 492. The number of halogens is 3. The summed E-state index contributed by atoms with van der Waals surface area (Å²) < 4.78 is 36.2. The topological polar surface area (TPSA) is 76.0 Å². The molecule has 8 heteroatoms. The molecule has 1 unspecified atom stereocenters. The Labute approximate surface area is 112 Å². The minimum absolute atomic E-state index is 0.0677. The van der Waals surface area contributed by atoms with E-state index in [2.05, 4.69) is 0 Å². The van der Waals surface area contributed by atoms with Crippen LogP contribution in [0.15, 0.2) is 12.1 Å². The summed E-state index contributed by atoms with van der Waals surface area (Å²) in [4.78, 5) is 10.4. The van der Waals surface area contributed by atoms with Crippen LogP contribution in [0.3, 0.4) is 0 Å². The SMILES string of the molecule is COc1ccc(C(O)C(F)(F)C(=O)O)c(Cl)c1OC. The summed E-state index contributed by atoms with van der Waals surface area (Å²) in [6.45, 7) is 0. The van der Waals surface area contributed by atoms with E-state index in [9.17, 15) is 18.7 Å². The van der Waals surface area contributed by atoms with E-state index < -0.39 is 23.6 Å². The third-order valence-corrected chi connectivity index (χ3v) is 2.83. The number of aliphatic hydroxyl groups excluding tert-OH is 1. The van der Waals surface area contributed by atoms with Crippen LogP contribution in [0.25, 0.3) is 0 Å². The molecule has 0 radical (unpaired) electrons. The van der Waals surface area contributed by atoms with Crippen LogP contribution >= 0.6 is 11.6 Å². The second-order valence-corrected chi connectivity index (χ2v) is 3.91. The van der Waals surface area contributed by atoms with Crippen LogP contribution in [0, 0.1) is 0 Å². The van der Waals surface area contributed by atoms with Gasteiger partial charge in [0, 0.05) is 5.56 Å². The molecule has 0 aromatic heterocycles. The van der Waals surface area contributed by atoms with Crippen molar-refractivity contribution < 1.29 is 33.3 Å².